The molecule has 1 heterocycles. The fourth-order valence-electron chi connectivity index (χ4n) is 2.91. The maximum Gasteiger partial charge on any atom is 0.341 e. The average molecular weight is 290 g/mol. The van der Waals surface area contributed by atoms with Crippen LogP contribution in [0.25, 0.3) is 0 Å². The number of hydrogen-bond donors (Lipinski definition) is 1. The minimum absolute atomic E-state index is 0.101. The molecule has 1 saturated heterocycles. The predicted octanol–water partition coefficient (Wildman–Crippen LogP) is 3.73. The number of hydrogen-bond acceptors (Lipinski definition) is 2. The lowest BCUT2D eigenvalue weighted by Gasteiger charge is -2.38. The summed E-state index contributed by atoms with van der Waals surface area (Å²) in [6, 6.07) is 10.1. The first-order chi connectivity index (χ1) is 10.2. The number of urea groups is 1. The first-order valence-electron chi connectivity index (χ1n) is 7.93. The third-order valence-corrected chi connectivity index (χ3v) is 4.07. The van der Waals surface area contributed by atoms with Crippen molar-refractivity contribution in [3.63, 3.8) is 0 Å². The first-order valence-corrected chi connectivity index (χ1v) is 7.93. The zero-order chi connectivity index (χ0) is 15.1. The maximum absolute atomic E-state index is 12.3. The van der Waals surface area contributed by atoms with Crippen molar-refractivity contribution in [3.05, 3.63) is 35.9 Å². The molecular weight excluding hydrogens is 264 g/mol. The van der Waals surface area contributed by atoms with Gasteiger partial charge in [0.1, 0.15) is 0 Å². The van der Waals surface area contributed by atoms with Gasteiger partial charge in [-0.3, -0.25) is 4.84 Å². The average Bonchev–Trinajstić information content (AvgIpc) is 2.50. The molecule has 0 aliphatic carbocycles. The minimum atomic E-state index is -0.101. The molecule has 0 spiro atoms. The Morgan fingerprint density at radius 2 is 2.10 bits per heavy atom. The third-order valence-electron chi connectivity index (χ3n) is 4.07. The van der Waals surface area contributed by atoms with Gasteiger partial charge in [-0.05, 0) is 30.7 Å². The van der Waals surface area contributed by atoms with Crippen LogP contribution in [0.2, 0.25) is 0 Å². The van der Waals surface area contributed by atoms with Crippen molar-refractivity contribution in [2.45, 2.75) is 52.2 Å². The number of carbonyl (C=O) groups excluding carboxylic acids is 1. The molecule has 0 radical (unpaired) electrons. The lowest BCUT2D eigenvalue weighted by atomic mass is 9.92. The SMILES string of the molecule is CCCC1CCC(C)CN1C(=O)NOCc1ccccc1. The molecule has 21 heavy (non-hydrogen) atoms. The van der Waals surface area contributed by atoms with Crippen molar-refractivity contribution in [1.29, 1.82) is 0 Å². The van der Waals surface area contributed by atoms with Gasteiger partial charge in [0, 0.05) is 12.6 Å². The van der Waals surface area contributed by atoms with Crippen molar-refractivity contribution < 1.29 is 9.63 Å². The van der Waals surface area contributed by atoms with Gasteiger partial charge in [0.25, 0.3) is 0 Å². The van der Waals surface area contributed by atoms with E-state index in [-0.39, 0.29) is 6.03 Å². The standard InChI is InChI=1S/C17H26N2O2/c1-3-7-16-11-10-14(2)12-19(16)17(20)18-21-13-15-8-5-4-6-9-15/h4-6,8-9,14,16H,3,7,10-13H2,1-2H3,(H,18,20). The summed E-state index contributed by atoms with van der Waals surface area (Å²) in [5.74, 6) is 0.568. The molecule has 1 aliphatic rings. The molecule has 1 aromatic carbocycles. The van der Waals surface area contributed by atoms with Crippen LogP contribution in [-0.4, -0.2) is 23.5 Å². The number of hydroxylamine groups is 1. The molecule has 2 amide bonds. The number of likely N-dealkylation sites (tertiary alicyclic amines) is 1. The molecule has 1 aromatic rings. The fourth-order valence-corrected chi connectivity index (χ4v) is 2.91. The second-order valence-electron chi connectivity index (χ2n) is 5.96. The smallest absolute Gasteiger partial charge is 0.320 e. The Bertz CT molecular complexity index is 436. The lowest BCUT2D eigenvalue weighted by Crippen LogP contribution is -2.50. The molecule has 1 N–H and O–H groups in total. The van der Waals surface area contributed by atoms with Crippen LogP contribution in [0.5, 0.6) is 0 Å². The molecule has 0 bridgehead atoms. The van der Waals surface area contributed by atoms with E-state index in [0.29, 0.717) is 18.6 Å². The highest BCUT2D eigenvalue weighted by molar-refractivity contribution is 5.73. The van der Waals surface area contributed by atoms with Gasteiger partial charge < -0.3 is 4.90 Å². The van der Waals surface area contributed by atoms with Gasteiger partial charge in [0.2, 0.25) is 0 Å². The van der Waals surface area contributed by atoms with Crippen molar-refractivity contribution >= 4 is 6.03 Å². The molecule has 2 rings (SSSR count). The summed E-state index contributed by atoms with van der Waals surface area (Å²) in [4.78, 5) is 19.6. The fraction of sp³-hybridized carbons (Fsp3) is 0.588. The summed E-state index contributed by atoms with van der Waals surface area (Å²) in [6.45, 7) is 5.59. The van der Waals surface area contributed by atoms with Gasteiger partial charge in [0.05, 0.1) is 6.61 Å². The Kier molecular flexibility index (Phi) is 6.05. The van der Waals surface area contributed by atoms with Gasteiger partial charge in [-0.1, -0.05) is 50.6 Å². The van der Waals surface area contributed by atoms with E-state index in [1.54, 1.807) is 0 Å². The Morgan fingerprint density at radius 3 is 2.81 bits per heavy atom. The Morgan fingerprint density at radius 1 is 1.33 bits per heavy atom. The van der Waals surface area contributed by atoms with E-state index < -0.39 is 0 Å². The Hall–Kier alpha value is -1.55. The number of carbonyl (C=O) groups is 1. The van der Waals surface area contributed by atoms with Crippen LogP contribution < -0.4 is 5.48 Å². The highest BCUT2D eigenvalue weighted by Crippen LogP contribution is 2.24. The van der Waals surface area contributed by atoms with E-state index in [4.69, 9.17) is 4.84 Å². The topological polar surface area (TPSA) is 41.6 Å². The molecule has 1 aliphatic heterocycles. The third kappa shape index (κ3) is 4.74. The molecule has 0 saturated carbocycles. The van der Waals surface area contributed by atoms with E-state index in [1.165, 1.54) is 6.42 Å². The van der Waals surface area contributed by atoms with E-state index >= 15 is 0 Å². The van der Waals surface area contributed by atoms with Gasteiger partial charge in [-0.2, -0.15) is 0 Å². The largest absolute Gasteiger partial charge is 0.341 e. The molecule has 0 aromatic heterocycles. The molecule has 2 atom stereocenters. The van der Waals surface area contributed by atoms with E-state index in [0.717, 1.165) is 31.4 Å². The molecule has 116 valence electrons. The van der Waals surface area contributed by atoms with Crippen LogP contribution in [0, 0.1) is 5.92 Å². The van der Waals surface area contributed by atoms with Crippen molar-refractivity contribution in [3.8, 4) is 0 Å². The number of piperidine rings is 1. The number of nitrogens with zero attached hydrogens (tertiary/aromatic N) is 1. The molecule has 2 unspecified atom stereocenters. The number of rotatable bonds is 5. The summed E-state index contributed by atoms with van der Waals surface area (Å²) in [5.41, 5.74) is 3.65. The van der Waals surface area contributed by atoms with E-state index in [1.807, 2.05) is 35.2 Å². The summed E-state index contributed by atoms with van der Waals surface area (Å²) in [5, 5.41) is 0. The summed E-state index contributed by atoms with van der Waals surface area (Å²) < 4.78 is 0. The van der Waals surface area contributed by atoms with Crippen LogP contribution in [0.4, 0.5) is 4.79 Å². The first kappa shape index (κ1) is 15.8. The van der Waals surface area contributed by atoms with Gasteiger partial charge >= 0.3 is 6.03 Å². The summed E-state index contributed by atoms with van der Waals surface area (Å²) >= 11 is 0. The lowest BCUT2D eigenvalue weighted by molar-refractivity contribution is 0.0231. The van der Waals surface area contributed by atoms with Crippen LogP contribution in [0.15, 0.2) is 30.3 Å². The second kappa shape index (κ2) is 8.03. The zero-order valence-corrected chi connectivity index (χ0v) is 13.0. The van der Waals surface area contributed by atoms with Crippen LogP contribution in [-0.2, 0) is 11.4 Å². The van der Waals surface area contributed by atoms with Crippen LogP contribution in [0.1, 0.15) is 45.1 Å². The number of benzene rings is 1. The van der Waals surface area contributed by atoms with Crippen molar-refractivity contribution in [2.75, 3.05) is 6.54 Å². The molecular formula is C17H26N2O2. The Labute approximate surface area is 127 Å². The van der Waals surface area contributed by atoms with Crippen LogP contribution in [0.3, 0.4) is 0 Å². The highest BCUT2D eigenvalue weighted by atomic mass is 16.7. The predicted molar refractivity (Wildman–Crippen MR) is 83.6 cm³/mol. The number of nitrogens with one attached hydrogen (secondary N) is 1. The molecule has 1 fully saturated rings. The van der Waals surface area contributed by atoms with E-state index in [9.17, 15) is 4.79 Å². The van der Waals surface area contributed by atoms with Crippen molar-refractivity contribution in [2.24, 2.45) is 5.92 Å². The quantitative estimate of drug-likeness (QED) is 0.840. The van der Waals surface area contributed by atoms with Gasteiger partial charge in [0.15, 0.2) is 0 Å². The summed E-state index contributed by atoms with van der Waals surface area (Å²) in [7, 11) is 0. The van der Waals surface area contributed by atoms with Crippen LogP contribution >= 0.6 is 0 Å². The maximum atomic E-state index is 12.3. The van der Waals surface area contributed by atoms with E-state index in [2.05, 4.69) is 19.3 Å². The highest BCUT2D eigenvalue weighted by Gasteiger charge is 2.29. The zero-order valence-electron chi connectivity index (χ0n) is 13.0. The number of amides is 2. The normalized spacial score (nSPS) is 22.1. The summed E-state index contributed by atoms with van der Waals surface area (Å²) in [6.07, 6.45) is 4.48. The Balaban J connectivity index is 1.82. The molecule has 4 heteroatoms. The molecule has 4 nitrogen and oxygen atoms in total. The van der Waals surface area contributed by atoms with Crippen molar-refractivity contribution in [1.82, 2.24) is 10.4 Å². The minimum Gasteiger partial charge on any atom is -0.320 e. The second-order valence-corrected chi connectivity index (χ2v) is 5.96. The van der Waals surface area contributed by atoms with Gasteiger partial charge in [-0.15, -0.1) is 0 Å². The monoisotopic (exact) mass is 290 g/mol. The van der Waals surface area contributed by atoms with Gasteiger partial charge in [-0.25, -0.2) is 10.3 Å².